The lowest BCUT2D eigenvalue weighted by Crippen LogP contribution is -2.38. The van der Waals surface area contributed by atoms with Crippen molar-refractivity contribution in [3.05, 3.63) is 35.5 Å². The van der Waals surface area contributed by atoms with Crippen LogP contribution in [-0.4, -0.2) is 34.5 Å². The topological polar surface area (TPSA) is 66.8 Å². The molecule has 1 aliphatic carbocycles. The smallest absolute Gasteiger partial charge is 0.334 e. The van der Waals surface area contributed by atoms with Crippen molar-refractivity contribution < 1.29 is 19.7 Å². The van der Waals surface area contributed by atoms with Crippen LogP contribution in [0.1, 0.15) is 26.7 Å². The zero-order chi connectivity index (χ0) is 14.2. The van der Waals surface area contributed by atoms with Crippen molar-refractivity contribution in [1.82, 2.24) is 0 Å². The van der Waals surface area contributed by atoms with Gasteiger partial charge in [0.05, 0.1) is 12.0 Å². The number of esters is 1. The van der Waals surface area contributed by atoms with Gasteiger partial charge in [-0.3, -0.25) is 0 Å². The Labute approximate surface area is 113 Å². The summed E-state index contributed by atoms with van der Waals surface area (Å²) >= 11 is 0. The first-order valence-corrected chi connectivity index (χ1v) is 6.51. The number of hydrogen-bond acceptors (Lipinski definition) is 4. The molecule has 2 N–H and O–H groups in total. The third kappa shape index (κ3) is 2.65. The SMILES string of the molecule is C=C1C(=O)O[C@@H]2/C=C(\C)CC/C=C(\C)[C@@H](O)[C@H](O)[C@H]12. The van der Waals surface area contributed by atoms with Crippen molar-refractivity contribution >= 4 is 5.97 Å². The van der Waals surface area contributed by atoms with E-state index >= 15 is 0 Å². The second-order valence-corrected chi connectivity index (χ2v) is 5.36. The van der Waals surface area contributed by atoms with E-state index in [0.29, 0.717) is 5.57 Å². The number of rotatable bonds is 0. The lowest BCUT2D eigenvalue weighted by molar-refractivity contribution is -0.137. The fraction of sp³-hybridized carbons (Fsp3) is 0.533. The second kappa shape index (κ2) is 5.31. The number of carbonyl (C=O) groups excluding carboxylic acids is 1. The van der Waals surface area contributed by atoms with Gasteiger partial charge in [-0.05, 0) is 38.3 Å². The van der Waals surface area contributed by atoms with Crippen molar-refractivity contribution in [2.45, 2.75) is 45.0 Å². The number of aliphatic hydroxyl groups excluding tert-OH is 2. The van der Waals surface area contributed by atoms with Gasteiger partial charge in [-0.15, -0.1) is 0 Å². The number of fused-ring (bicyclic) bond motifs is 1. The number of carbonyl (C=O) groups is 1. The molecule has 1 aliphatic heterocycles. The van der Waals surface area contributed by atoms with E-state index in [9.17, 15) is 15.0 Å². The van der Waals surface area contributed by atoms with Gasteiger partial charge >= 0.3 is 5.97 Å². The quantitative estimate of drug-likeness (QED) is 0.395. The highest BCUT2D eigenvalue weighted by molar-refractivity contribution is 5.91. The Morgan fingerprint density at radius 2 is 2.05 bits per heavy atom. The van der Waals surface area contributed by atoms with Crippen molar-refractivity contribution in [3.8, 4) is 0 Å². The molecule has 0 aromatic carbocycles. The highest BCUT2D eigenvalue weighted by atomic mass is 16.6. The third-order valence-corrected chi connectivity index (χ3v) is 3.87. The predicted octanol–water partition coefficient (Wildman–Crippen LogP) is 1.49. The van der Waals surface area contributed by atoms with Crippen LogP contribution in [-0.2, 0) is 9.53 Å². The zero-order valence-electron chi connectivity index (χ0n) is 11.3. The molecular formula is C15H20O4. The van der Waals surface area contributed by atoms with Gasteiger partial charge in [-0.1, -0.05) is 18.2 Å². The molecule has 19 heavy (non-hydrogen) atoms. The lowest BCUT2D eigenvalue weighted by Gasteiger charge is -2.27. The summed E-state index contributed by atoms with van der Waals surface area (Å²) in [7, 11) is 0. The summed E-state index contributed by atoms with van der Waals surface area (Å²) in [6, 6.07) is 0. The van der Waals surface area contributed by atoms with E-state index in [1.165, 1.54) is 0 Å². The summed E-state index contributed by atoms with van der Waals surface area (Å²) in [4.78, 5) is 11.6. The van der Waals surface area contributed by atoms with Gasteiger partial charge in [0.1, 0.15) is 12.2 Å². The lowest BCUT2D eigenvalue weighted by atomic mass is 9.84. The van der Waals surface area contributed by atoms with Crippen LogP contribution in [0.25, 0.3) is 0 Å². The average molecular weight is 264 g/mol. The van der Waals surface area contributed by atoms with Crippen molar-refractivity contribution in [3.63, 3.8) is 0 Å². The minimum Gasteiger partial charge on any atom is -0.454 e. The van der Waals surface area contributed by atoms with Crippen LogP contribution < -0.4 is 0 Å². The molecule has 0 saturated carbocycles. The molecule has 4 heteroatoms. The van der Waals surface area contributed by atoms with Gasteiger partial charge in [0.15, 0.2) is 0 Å². The molecule has 2 aliphatic rings. The second-order valence-electron chi connectivity index (χ2n) is 5.36. The predicted molar refractivity (Wildman–Crippen MR) is 71.3 cm³/mol. The van der Waals surface area contributed by atoms with E-state index in [2.05, 4.69) is 6.58 Å². The van der Waals surface area contributed by atoms with Crippen LogP contribution >= 0.6 is 0 Å². The van der Waals surface area contributed by atoms with Crippen LogP contribution in [0.4, 0.5) is 0 Å². The molecule has 0 spiro atoms. The zero-order valence-corrected chi connectivity index (χ0v) is 11.3. The van der Waals surface area contributed by atoms with Gasteiger partial charge < -0.3 is 14.9 Å². The number of ether oxygens (including phenoxy) is 1. The highest BCUT2D eigenvalue weighted by Gasteiger charge is 2.44. The van der Waals surface area contributed by atoms with E-state index in [4.69, 9.17) is 4.74 Å². The highest BCUT2D eigenvalue weighted by Crippen LogP contribution is 2.34. The van der Waals surface area contributed by atoms with Crippen molar-refractivity contribution in [2.75, 3.05) is 0 Å². The Morgan fingerprint density at radius 3 is 2.74 bits per heavy atom. The summed E-state index contributed by atoms with van der Waals surface area (Å²) in [6.45, 7) is 7.44. The van der Waals surface area contributed by atoms with E-state index in [1.807, 2.05) is 19.1 Å². The van der Waals surface area contributed by atoms with Crippen molar-refractivity contribution in [1.29, 1.82) is 0 Å². The van der Waals surface area contributed by atoms with E-state index in [0.717, 1.165) is 18.4 Å². The fourth-order valence-electron chi connectivity index (χ4n) is 2.62. The average Bonchev–Trinajstić information content (AvgIpc) is 2.62. The first-order chi connectivity index (χ1) is 8.91. The molecule has 4 atom stereocenters. The van der Waals surface area contributed by atoms with E-state index in [1.54, 1.807) is 6.92 Å². The van der Waals surface area contributed by atoms with Crippen LogP contribution in [0.2, 0.25) is 0 Å². The van der Waals surface area contributed by atoms with Gasteiger partial charge in [0, 0.05) is 5.57 Å². The maximum atomic E-state index is 11.6. The summed E-state index contributed by atoms with van der Waals surface area (Å²) in [5.41, 5.74) is 2.05. The Bertz CT molecular complexity index is 461. The molecule has 1 saturated heterocycles. The molecule has 2 rings (SSSR count). The molecular weight excluding hydrogens is 244 g/mol. The first kappa shape index (κ1) is 14.0. The molecule has 0 aromatic rings. The summed E-state index contributed by atoms with van der Waals surface area (Å²) in [5, 5.41) is 20.4. The molecule has 0 bridgehead atoms. The molecule has 104 valence electrons. The number of hydrogen-bond donors (Lipinski definition) is 2. The molecule has 0 amide bonds. The minimum absolute atomic E-state index is 0.231. The Kier molecular flexibility index (Phi) is 3.92. The maximum Gasteiger partial charge on any atom is 0.334 e. The normalized spacial score (nSPS) is 41.7. The van der Waals surface area contributed by atoms with E-state index in [-0.39, 0.29) is 5.57 Å². The number of aliphatic hydroxyl groups is 2. The third-order valence-electron chi connectivity index (χ3n) is 3.87. The summed E-state index contributed by atoms with van der Waals surface area (Å²) in [6.07, 6.45) is 2.80. The van der Waals surface area contributed by atoms with Crippen LogP contribution in [0.15, 0.2) is 35.5 Å². The van der Waals surface area contributed by atoms with Crippen LogP contribution in [0, 0.1) is 5.92 Å². The number of allylic oxidation sites excluding steroid dienone is 2. The monoisotopic (exact) mass is 264 g/mol. The molecule has 0 aromatic heterocycles. The van der Waals surface area contributed by atoms with E-state index < -0.39 is 30.2 Å². The Balaban J connectivity index is 2.39. The largest absolute Gasteiger partial charge is 0.454 e. The molecule has 4 nitrogen and oxygen atoms in total. The van der Waals surface area contributed by atoms with Crippen LogP contribution in [0.3, 0.4) is 0 Å². The molecule has 0 radical (unpaired) electrons. The Morgan fingerprint density at radius 1 is 1.37 bits per heavy atom. The molecule has 0 unspecified atom stereocenters. The first-order valence-electron chi connectivity index (χ1n) is 6.51. The standard InChI is InChI=1S/C15H20O4/c1-8-5-4-6-9(2)13(16)14(17)12-10(3)15(18)19-11(12)7-8/h6-7,11-14,16-17H,3-5H2,1-2H3/b8-7+,9-6+/t11-,12-,13-,14-/m1/s1. The van der Waals surface area contributed by atoms with Crippen LogP contribution in [0.5, 0.6) is 0 Å². The van der Waals surface area contributed by atoms with Gasteiger partial charge in [-0.2, -0.15) is 0 Å². The minimum atomic E-state index is -1.08. The summed E-state index contributed by atoms with van der Waals surface area (Å²) in [5.74, 6) is -1.08. The summed E-state index contributed by atoms with van der Waals surface area (Å²) < 4.78 is 5.23. The fourth-order valence-corrected chi connectivity index (χ4v) is 2.62. The van der Waals surface area contributed by atoms with Gasteiger partial charge in [0.25, 0.3) is 0 Å². The van der Waals surface area contributed by atoms with Gasteiger partial charge in [0.2, 0.25) is 0 Å². The van der Waals surface area contributed by atoms with Gasteiger partial charge in [-0.25, -0.2) is 4.79 Å². The molecule has 1 fully saturated rings. The molecule has 1 heterocycles. The van der Waals surface area contributed by atoms with Crippen molar-refractivity contribution in [2.24, 2.45) is 5.92 Å². The Hall–Kier alpha value is -1.39. The maximum absolute atomic E-state index is 11.6.